The molecule has 0 aliphatic heterocycles. The van der Waals surface area contributed by atoms with Crippen LogP contribution in [0.25, 0.3) is 0 Å². The molecule has 4 unspecified atom stereocenters. The van der Waals surface area contributed by atoms with E-state index in [1.54, 1.807) is 0 Å². The molecule has 9 N–H and O–H groups in total. The van der Waals surface area contributed by atoms with Gasteiger partial charge in [0, 0.05) is 12.2 Å². The van der Waals surface area contributed by atoms with Gasteiger partial charge in [0.15, 0.2) is 0 Å². The number of nitrogens with two attached hydrogens (primary N) is 2. The summed E-state index contributed by atoms with van der Waals surface area (Å²) in [6.07, 6.45) is -0.631. The molecule has 4 amide bonds. The van der Waals surface area contributed by atoms with Crippen molar-refractivity contribution < 1.29 is 34.2 Å². The zero-order valence-electron chi connectivity index (χ0n) is 17.3. The SMILES string of the molecule is CC(NC(=O)C(CC(N)=O)NC(=O)C(Cc1ccc(O)cc1)NC(=O)C(N)CS)C(=O)O. The number of amides is 4. The van der Waals surface area contributed by atoms with Crippen LogP contribution in [0.2, 0.25) is 0 Å². The number of carboxylic acids is 1. The average Bonchev–Trinajstić information content (AvgIpc) is 2.72. The molecule has 4 atom stereocenters. The summed E-state index contributed by atoms with van der Waals surface area (Å²) in [4.78, 5) is 59.8. The molecule has 0 saturated carbocycles. The van der Waals surface area contributed by atoms with Gasteiger partial charge in [-0.05, 0) is 24.6 Å². The van der Waals surface area contributed by atoms with Gasteiger partial charge in [0.25, 0.3) is 0 Å². The first-order valence-electron chi connectivity index (χ1n) is 9.51. The second kappa shape index (κ2) is 12.5. The lowest BCUT2D eigenvalue weighted by atomic mass is 10.0. The van der Waals surface area contributed by atoms with Crippen LogP contribution in [0.5, 0.6) is 5.75 Å². The molecule has 0 aliphatic carbocycles. The fourth-order valence-electron chi connectivity index (χ4n) is 2.50. The molecule has 176 valence electrons. The van der Waals surface area contributed by atoms with E-state index < -0.39 is 60.2 Å². The van der Waals surface area contributed by atoms with Crippen LogP contribution in [0.3, 0.4) is 0 Å². The number of carbonyl (C=O) groups excluding carboxylic acids is 4. The minimum Gasteiger partial charge on any atom is -0.508 e. The Morgan fingerprint density at radius 1 is 0.969 bits per heavy atom. The Labute approximate surface area is 189 Å². The van der Waals surface area contributed by atoms with Crippen molar-refractivity contribution in [2.45, 2.75) is 43.9 Å². The van der Waals surface area contributed by atoms with E-state index in [4.69, 9.17) is 16.6 Å². The van der Waals surface area contributed by atoms with Crippen LogP contribution in [0.1, 0.15) is 18.9 Å². The molecule has 0 spiro atoms. The van der Waals surface area contributed by atoms with Gasteiger partial charge in [-0.2, -0.15) is 12.6 Å². The monoisotopic (exact) mass is 469 g/mol. The molecule has 1 aromatic rings. The minimum atomic E-state index is -1.47. The number of phenolic OH excluding ortho intramolecular Hbond substituents is 1. The van der Waals surface area contributed by atoms with Crippen LogP contribution in [0, 0.1) is 0 Å². The van der Waals surface area contributed by atoms with Crippen LogP contribution < -0.4 is 27.4 Å². The molecule has 12 nitrogen and oxygen atoms in total. The van der Waals surface area contributed by atoms with E-state index in [0.717, 1.165) is 0 Å². The van der Waals surface area contributed by atoms with Gasteiger partial charge in [-0.3, -0.25) is 24.0 Å². The van der Waals surface area contributed by atoms with Gasteiger partial charge in [-0.25, -0.2) is 0 Å². The fourth-order valence-corrected chi connectivity index (χ4v) is 2.66. The minimum absolute atomic E-state index is 0.00151. The summed E-state index contributed by atoms with van der Waals surface area (Å²) < 4.78 is 0. The van der Waals surface area contributed by atoms with Gasteiger partial charge in [0.1, 0.15) is 23.9 Å². The maximum Gasteiger partial charge on any atom is 0.325 e. The molecule has 13 heteroatoms. The molecule has 0 aromatic heterocycles. The highest BCUT2D eigenvalue weighted by Gasteiger charge is 2.30. The van der Waals surface area contributed by atoms with Crippen LogP contribution in [0.15, 0.2) is 24.3 Å². The van der Waals surface area contributed by atoms with Crippen LogP contribution in [-0.4, -0.2) is 69.7 Å². The van der Waals surface area contributed by atoms with Crippen molar-refractivity contribution in [2.75, 3.05) is 5.75 Å². The standard InChI is InChI=1S/C19H27N5O7S/c1-9(19(30)31)22-17(28)14(7-15(21)26)24-18(29)13(23-16(27)12(20)8-32)6-10-2-4-11(25)5-3-10/h2-5,9,12-14,25,32H,6-8,20H2,1H3,(H2,21,26)(H,22,28)(H,23,27)(H,24,29)(H,30,31). The van der Waals surface area contributed by atoms with Crippen molar-refractivity contribution >= 4 is 42.2 Å². The Kier molecular flexibility index (Phi) is 10.4. The zero-order chi connectivity index (χ0) is 24.4. The predicted octanol–water partition coefficient (Wildman–Crippen LogP) is -2.37. The number of carboxylic acid groups (broad SMARTS) is 1. The van der Waals surface area contributed by atoms with E-state index in [1.165, 1.54) is 31.2 Å². The van der Waals surface area contributed by atoms with Crippen LogP contribution >= 0.6 is 12.6 Å². The Morgan fingerprint density at radius 2 is 1.50 bits per heavy atom. The van der Waals surface area contributed by atoms with Gasteiger partial charge in [-0.1, -0.05) is 12.1 Å². The van der Waals surface area contributed by atoms with Gasteiger partial charge < -0.3 is 37.6 Å². The summed E-state index contributed by atoms with van der Waals surface area (Å²) in [5.74, 6) is -4.66. The molecule has 0 radical (unpaired) electrons. The van der Waals surface area contributed by atoms with Gasteiger partial charge in [-0.15, -0.1) is 0 Å². The lowest BCUT2D eigenvalue weighted by Gasteiger charge is -2.24. The first kappa shape index (κ1) is 26.7. The first-order chi connectivity index (χ1) is 14.9. The highest BCUT2D eigenvalue weighted by molar-refractivity contribution is 7.80. The molecule has 0 heterocycles. The molecular weight excluding hydrogens is 442 g/mol. The molecule has 0 saturated heterocycles. The third-order valence-corrected chi connectivity index (χ3v) is 4.70. The average molecular weight is 470 g/mol. The molecule has 0 bridgehead atoms. The second-order valence-corrected chi connectivity index (χ2v) is 7.39. The van der Waals surface area contributed by atoms with Crippen molar-refractivity contribution in [1.29, 1.82) is 0 Å². The Hall–Kier alpha value is -3.32. The molecule has 0 aliphatic rings. The zero-order valence-corrected chi connectivity index (χ0v) is 18.2. The number of benzene rings is 1. The third kappa shape index (κ3) is 8.81. The maximum absolute atomic E-state index is 12.9. The topological polar surface area (TPSA) is 214 Å². The van der Waals surface area contributed by atoms with Crippen molar-refractivity contribution in [3.8, 4) is 5.75 Å². The van der Waals surface area contributed by atoms with Crippen molar-refractivity contribution in [1.82, 2.24) is 16.0 Å². The van der Waals surface area contributed by atoms with Gasteiger partial charge >= 0.3 is 5.97 Å². The maximum atomic E-state index is 12.9. The smallest absolute Gasteiger partial charge is 0.325 e. The number of nitrogens with one attached hydrogen (secondary N) is 3. The summed E-state index contributed by atoms with van der Waals surface area (Å²) >= 11 is 3.94. The number of aliphatic carboxylic acids is 1. The van der Waals surface area contributed by atoms with Gasteiger partial charge in [0.05, 0.1) is 12.5 Å². The van der Waals surface area contributed by atoms with E-state index >= 15 is 0 Å². The highest BCUT2D eigenvalue weighted by atomic mass is 32.1. The molecular formula is C19H27N5O7S. The van der Waals surface area contributed by atoms with E-state index in [9.17, 15) is 29.1 Å². The van der Waals surface area contributed by atoms with E-state index in [1.807, 2.05) is 0 Å². The molecule has 1 rings (SSSR count). The number of hydrogen-bond donors (Lipinski definition) is 8. The number of thiol groups is 1. The van der Waals surface area contributed by atoms with E-state index in [2.05, 4.69) is 28.6 Å². The van der Waals surface area contributed by atoms with Gasteiger partial charge in [0.2, 0.25) is 23.6 Å². The molecule has 1 aromatic carbocycles. The van der Waals surface area contributed by atoms with Crippen LogP contribution in [0.4, 0.5) is 0 Å². The summed E-state index contributed by atoms with van der Waals surface area (Å²) in [6.45, 7) is 1.20. The molecule has 32 heavy (non-hydrogen) atoms. The Morgan fingerprint density at radius 3 is 2.00 bits per heavy atom. The largest absolute Gasteiger partial charge is 0.508 e. The second-order valence-electron chi connectivity index (χ2n) is 7.02. The highest BCUT2D eigenvalue weighted by Crippen LogP contribution is 2.12. The first-order valence-corrected chi connectivity index (χ1v) is 10.1. The number of primary amides is 1. The number of hydrogen-bond acceptors (Lipinski definition) is 8. The lowest BCUT2D eigenvalue weighted by molar-refractivity contribution is -0.142. The quantitative estimate of drug-likeness (QED) is 0.154. The normalized spacial score (nSPS) is 14.3. The number of rotatable bonds is 12. The summed E-state index contributed by atoms with van der Waals surface area (Å²) in [5, 5.41) is 25.3. The number of phenols is 1. The Bertz CT molecular complexity index is 849. The summed E-state index contributed by atoms with van der Waals surface area (Å²) in [5.41, 5.74) is 11.4. The Balaban J connectivity index is 3.07. The molecule has 0 fully saturated rings. The summed E-state index contributed by atoms with van der Waals surface area (Å²) in [6, 6.07) is 0.873. The lowest BCUT2D eigenvalue weighted by Crippen LogP contribution is -2.58. The number of aromatic hydroxyl groups is 1. The van der Waals surface area contributed by atoms with Crippen molar-refractivity contribution in [2.24, 2.45) is 11.5 Å². The fraction of sp³-hybridized carbons (Fsp3) is 0.421. The predicted molar refractivity (Wildman–Crippen MR) is 117 cm³/mol. The summed E-state index contributed by atoms with van der Waals surface area (Å²) in [7, 11) is 0. The van der Waals surface area contributed by atoms with E-state index in [0.29, 0.717) is 5.56 Å². The van der Waals surface area contributed by atoms with Crippen molar-refractivity contribution in [3.05, 3.63) is 29.8 Å². The van der Waals surface area contributed by atoms with Crippen molar-refractivity contribution in [3.63, 3.8) is 0 Å². The van der Waals surface area contributed by atoms with E-state index in [-0.39, 0.29) is 17.9 Å². The number of carbonyl (C=O) groups is 5. The third-order valence-electron chi connectivity index (χ3n) is 4.31. The van der Waals surface area contributed by atoms with Crippen LogP contribution in [-0.2, 0) is 30.4 Å².